The van der Waals surface area contributed by atoms with Crippen LogP contribution in [0.3, 0.4) is 0 Å². The van der Waals surface area contributed by atoms with Crippen LogP contribution in [-0.4, -0.2) is 35.0 Å². The van der Waals surface area contributed by atoms with Crippen LogP contribution >= 0.6 is 35.8 Å². The molecule has 3 nitrogen and oxygen atoms in total. The smallest absolute Gasteiger partial charge is 0.240 e. The minimum Gasteiger partial charge on any atom is -0.337 e. The molecular formula is C13H18Cl2N2OS. The summed E-state index contributed by atoms with van der Waals surface area (Å²) in [5.41, 5.74) is 1.00. The Bertz CT molecular complexity index is 425. The van der Waals surface area contributed by atoms with Gasteiger partial charge in [0.25, 0.3) is 0 Å². The Labute approximate surface area is 129 Å². The molecule has 19 heavy (non-hydrogen) atoms. The molecule has 0 spiro atoms. The second-order valence-electron chi connectivity index (χ2n) is 4.22. The molecule has 1 aliphatic rings. The van der Waals surface area contributed by atoms with Crippen LogP contribution in [0.25, 0.3) is 0 Å². The predicted octanol–water partition coefficient (Wildman–Crippen LogP) is 2.77. The highest BCUT2D eigenvalue weighted by atomic mass is 35.5. The SMILES string of the molecule is CCN(Cc1ccccc1Cl)C(=O)[C@H]1CSCN1.Cl. The lowest BCUT2D eigenvalue weighted by atomic mass is 10.2. The van der Waals surface area contributed by atoms with Gasteiger partial charge in [0.2, 0.25) is 5.91 Å². The second kappa shape index (κ2) is 8.00. The maximum Gasteiger partial charge on any atom is 0.240 e. The lowest BCUT2D eigenvalue weighted by molar-refractivity contribution is -0.133. The number of nitrogens with zero attached hydrogens (tertiary/aromatic N) is 1. The maximum absolute atomic E-state index is 12.3. The fraction of sp³-hybridized carbons (Fsp3) is 0.462. The van der Waals surface area contributed by atoms with E-state index in [9.17, 15) is 4.79 Å². The van der Waals surface area contributed by atoms with Gasteiger partial charge in [-0.1, -0.05) is 29.8 Å². The highest BCUT2D eigenvalue weighted by molar-refractivity contribution is 7.99. The Morgan fingerprint density at radius 1 is 1.53 bits per heavy atom. The number of carbonyl (C=O) groups excluding carboxylic acids is 1. The molecule has 1 amide bonds. The topological polar surface area (TPSA) is 32.3 Å². The predicted molar refractivity (Wildman–Crippen MR) is 84.0 cm³/mol. The standard InChI is InChI=1S/C13H17ClN2OS.ClH/c1-2-16(13(17)12-8-18-9-15-12)7-10-5-3-4-6-11(10)14;/h3-6,12,15H,2,7-9H2,1H3;1H/t12-;/m1./s1. The number of hydrogen-bond donors (Lipinski definition) is 1. The summed E-state index contributed by atoms with van der Waals surface area (Å²) in [5.74, 6) is 1.89. The van der Waals surface area contributed by atoms with Crippen molar-refractivity contribution in [2.45, 2.75) is 19.5 Å². The average Bonchev–Trinajstić information content (AvgIpc) is 2.91. The van der Waals surface area contributed by atoms with Crippen LogP contribution in [0, 0.1) is 0 Å². The van der Waals surface area contributed by atoms with E-state index in [4.69, 9.17) is 11.6 Å². The summed E-state index contributed by atoms with van der Waals surface area (Å²) in [6.45, 7) is 3.28. The molecule has 1 aromatic carbocycles. The first-order valence-electron chi connectivity index (χ1n) is 6.05. The van der Waals surface area contributed by atoms with E-state index >= 15 is 0 Å². The van der Waals surface area contributed by atoms with Crippen molar-refractivity contribution in [2.24, 2.45) is 0 Å². The molecule has 2 rings (SSSR count). The van der Waals surface area contributed by atoms with Gasteiger partial charge in [-0.15, -0.1) is 24.2 Å². The highest BCUT2D eigenvalue weighted by Crippen LogP contribution is 2.18. The summed E-state index contributed by atoms with van der Waals surface area (Å²) >= 11 is 7.90. The molecule has 1 N–H and O–H groups in total. The molecule has 0 aromatic heterocycles. The Morgan fingerprint density at radius 3 is 2.84 bits per heavy atom. The molecule has 106 valence electrons. The Morgan fingerprint density at radius 2 is 2.26 bits per heavy atom. The fourth-order valence-electron chi connectivity index (χ4n) is 1.95. The zero-order chi connectivity index (χ0) is 13.0. The first-order valence-corrected chi connectivity index (χ1v) is 7.59. The van der Waals surface area contributed by atoms with E-state index in [1.54, 1.807) is 11.8 Å². The zero-order valence-corrected chi connectivity index (χ0v) is 13.2. The normalized spacial score (nSPS) is 17.9. The summed E-state index contributed by atoms with van der Waals surface area (Å²) in [6.07, 6.45) is 0. The third-order valence-electron chi connectivity index (χ3n) is 3.03. The summed E-state index contributed by atoms with van der Waals surface area (Å²) in [4.78, 5) is 14.2. The lowest BCUT2D eigenvalue weighted by Gasteiger charge is -2.24. The molecule has 1 aliphatic heterocycles. The number of nitrogens with one attached hydrogen (secondary N) is 1. The second-order valence-corrected chi connectivity index (χ2v) is 5.65. The van der Waals surface area contributed by atoms with Crippen molar-refractivity contribution in [1.82, 2.24) is 10.2 Å². The van der Waals surface area contributed by atoms with Gasteiger partial charge in [-0.3, -0.25) is 10.1 Å². The first-order chi connectivity index (χ1) is 8.72. The Hall–Kier alpha value is -0.420. The van der Waals surface area contributed by atoms with E-state index < -0.39 is 0 Å². The zero-order valence-electron chi connectivity index (χ0n) is 10.8. The summed E-state index contributed by atoms with van der Waals surface area (Å²) in [5, 5.41) is 3.93. The minimum atomic E-state index is -0.0440. The monoisotopic (exact) mass is 320 g/mol. The number of rotatable bonds is 4. The number of hydrogen-bond acceptors (Lipinski definition) is 3. The van der Waals surface area contributed by atoms with E-state index in [0.29, 0.717) is 13.1 Å². The first kappa shape index (κ1) is 16.6. The van der Waals surface area contributed by atoms with Crippen molar-refractivity contribution in [3.8, 4) is 0 Å². The van der Waals surface area contributed by atoms with E-state index in [1.807, 2.05) is 36.1 Å². The van der Waals surface area contributed by atoms with Crippen molar-refractivity contribution in [1.29, 1.82) is 0 Å². The largest absolute Gasteiger partial charge is 0.337 e. The quantitative estimate of drug-likeness (QED) is 0.925. The van der Waals surface area contributed by atoms with Crippen LogP contribution in [-0.2, 0) is 11.3 Å². The van der Waals surface area contributed by atoms with Gasteiger partial charge in [0.05, 0.1) is 6.04 Å². The van der Waals surface area contributed by atoms with Gasteiger partial charge in [-0.25, -0.2) is 0 Å². The molecule has 6 heteroatoms. The van der Waals surface area contributed by atoms with Crippen molar-refractivity contribution < 1.29 is 4.79 Å². The van der Waals surface area contributed by atoms with E-state index in [2.05, 4.69) is 5.32 Å². The fourth-order valence-corrected chi connectivity index (χ4v) is 3.08. The molecule has 1 heterocycles. The van der Waals surface area contributed by atoms with Crippen LogP contribution in [0.2, 0.25) is 5.02 Å². The molecule has 1 fully saturated rings. The minimum absolute atomic E-state index is 0. The number of thioether (sulfide) groups is 1. The third-order valence-corrected chi connectivity index (χ3v) is 4.34. The van der Waals surface area contributed by atoms with E-state index in [1.165, 1.54) is 0 Å². The summed E-state index contributed by atoms with van der Waals surface area (Å²) in [6, 6.07) is 7.63. The molecule has 0 radical (unpaired) electrons. The number of benzene rings is 1. The number of amides is 1. The van der Waals surface area contributed by atoms with Crippen molar-refractivity contribution in [2.75, 3.05) is 18.2 Å². The van der Waals surface area contributed by atoms with Crippen LogP contribution < -0.4 is 5.32 Å². The highest BCUT2D eigenvalue weighted by Gasteiger charge is 2.26. The number of halogens is 2. The van der Waals surface area contributed by atoms with E-state index in [0.717, 1.165) is 22.2 Å². The molecule has 0 saturated carbocycles. The van der Waals surface area contributed by atoms with Crippen molar-refractivity contribution in [3.63, 3.8) is 0 Å². The van der Waals surface area contributed by atoms with Gasteiger partial charge < -0.3 is 4.90 Å². The van der Waals surface area contributed by atoms with Crippen molar-refractivity contribution >= 4 is 41.7 Å². The van der Waals surface area contributed by atoms with Gasteiger partial charge in [0.15, 0.2) is 0 Å². The molecule has 0 unspecified atom stereocenters. The molecule has 1 saturated heterocycles. The molecule has 1 aromatic rings. The molecule has 1 atom stereocenters. The number of likely N-dealkylation sites (N-methyl/N-ethyl adjacent to an activating group) is 1. The average molecular weight is 321 g/mol. The van der Waals surface area contributed by atoms with Crippen LogP contribution in [0.5, 0.6) is 0 Å². The Kier molecular flexibility index (Phi) is 7.00. The van der Waals surface area contributed by atoms with Crippen LogP contribution in [0.15, 0.2) is 24.3 Å². The lowest BCUT2D eigenvalue weighted by Crippen LogP contribution is -2.44. The van der Waals surface area contributed by atoms with Crippen molar-refractivity contribution in [3.05, 3.63) is 34.9 Å². The molecular weight excluding hydrogens is 303 g/mol. The Balaban J connectivity index is 0.00000180. The summed E-state index contributed by atoms with van der Waals surface area (Å²) < 4.78 is 0. The van der Waals surface area contributed by atoms with Gasteiger partial charge in [0.1, 0.15) is 0 Å². The number of carbonyl (C=O) groups is 1. The van der Waals surface area contributed by atoms with Crippen LogP contribution in [0.1, 0.15) is 12.5 Å². The third kappa shape index (κ3) is 4.28. The van der Waals surface area contributed by atoms with Crippen LogP contribution in [0.4, 0.5) is 0 Å². The van der Waals surface area contributed by atoms with Gasteiger partial charge in [-0.05, 0) is 18.6 Å². The van der Waals surface area contributed by atoms with Gasteiger partial charge in [0, 0.05) is 29.7 Å². The molecule has 0 aliphatic carbocycles. The van der Waals surface area contributed by atoms with Gasteiger partial charge >= 0.3 is 0 Å². The van der Waals surface area contributed by atoms with Gasteiger partial charge in [-0.2, -0.15) is 0 Å². The maximum atomic E-state index is 12.3. The van der Waals surface area contributed by atoms with E-state index in [-0.39, 0.29) is 24.4 Å². The molecule has 0 bridgehead atoms. The summed E-state index contributed by atoms with van der Waals surface area (Å²) in [7, 11) is 0.